The summed E-state index contributed by atoms with van der Waals surface area (Å²) in [5, 5.41) is 8.74. The summed E-state index contributed by atoms with van der Waals surface area (Å²) >= 11 is 0. The van der Waals surface area contributed by atoms with Crippen molar-refractivity contribution in [2.75, 3.05) is 13.7 Å². The molecule has 2 rings (SSSR count). The molecule has 0 aliphatic rings. The number of ether oxygens (including phenoxy) is 2. The first-order valence-electron chi connectivity index (χ1n) is 7.74. The molecular formula is C19H22O4. The number of benzene rings is 2. The predicted octanol–water partition coefficient (Wildman–Crippen LogP) is 3.72. The van der Waals surface area contributed by atoms with E-state index in [0.717, 1.165) is 18.4 Å². The maximum absolute atomic E-state index is 10.6. The van der Waals surface area contributed by atoms with Gasteiger partial charge in [-0.1, -0.05) is 36.4 Å². The molecule has 122 valence electrons. The third-order valence-electron chi connectivity index (χ3n) is 3.57. The van der Waals surface area contributed by atoms with Crippen LogP contribution in [0.3, 0.4) is 0 Å². The Hall–Kier alpha value is -2.49. The fourth-order valence-corrected chi connectivity index (χ4v) is 2.34. The molecule has 0 aromatic heterocycles. The summed E-state index contributed by atoms with van der Waals surface area (Å²) in [6.45, 7) is 0.611. The average Bonchev–Trinajstić information content (AvgIpc) is 2.58. The lowest BCUT2D eigenvalue weighted by Crippen LogP contribution is -2.02. The Morgan fingerprint density at radius 1 is 1.00 bits per heavy atom. The van der Waals surface area contributed by atoms with E-state index in [0.29, 0.717) is 24.5 Å². The van der Waals surface area contributed by atoms with Crippen molar-refractivity contribution >= 4 is 5.97 Å². The molecule has 0 spiro atoms. The summed E-state index contributed by atoms with van der Waals surface area (Å²) in [7, 11) is 1.59. The van der Waals surface area contributed by atoms with Crippen molar-refractivity contribution in [3.8, 4) is 11.5 Å². The molecule has 2 aromatic carbocycles. The first-order chi connectivity index (χ1) is 11.2. The lowest BCUT2D eigenvalue weighted by Gasteiger charge is -2.12. The molecule has 0 amide bonds. The van der Waals surface area contributed by atoms with Crippen LogP contribution in [0.15, 0.2) is 48.5 Å². The highest BCUT2D eigenvalue weighted by molar-refractivity contribution is 5.67. The molecule has 0 bridgehead atoms. The standard InChI is InChI=1S/C19H22O4/c1-22-18-14-16(10-12-19(20)21)9-11-17(18)23-13-5-8-15-6-3-2-4-7-15/h2-4,6-7,9,11,14H,5,8,10,12-13H2,1H3,(H,20,21). The third kappa shape index (κ3) is 5.66. The van der Waals surface area contributed by atoms with Crippen LogP contribution in [0.1, 0.15) is 24.0 Å². The van der Waals surface area contributed by atoms with Crippen LogP contribution in [0.4, 0.5) is 0 Å². The molecule has 1 N–H and O–H groups in total. The second kappa shape index (κ2) is 8.83. The minimum atomic E-state index is -0.801. The van der Waals surface area contributed by atoms with E-state index in [2.05, 4.69) is 12.1 Å². The number of aryl methyl sites for hydroxylation is 2. The molecule has 0 radical (unpaired) electrons. The molecule has 0 atom stereocenters. The number of hydrogen-bond acceptors (Lipinski definition) is 3. The van der Waals surface area contributed by atoms with Gasteiger partial charge in [0.2, 0.25) is 0 Å². The van der Waals surface area contributed by atoms with Crippen LogP contribution in [0.2, 0.25) is 0 Å². The fourth-order valence-electron chi connectivity index (χ4n) is 2.34. The van der Waals surface area contributed by atoms with Gasteiger partial charge in [0.15, 0.2) is 11.5 Å². The zero-order valence-corrected chi connectivity index (χ0v) is 13.3. The molecule has 0 aliphatic carbocycles. The Morgan fingerprint density at radius 3 is 2.48 bits per heavy atom. The SMILES string of the molecule is COc1cc(CCC(=O)O)ccc1OCCCc1ccccc1. The van der Waals surface area contributed by atoms with Crippen LogP contribution in [-0.2, 0) is 17.6 Å². The van der Waals surface area contributed by atoms with Crippen molar-refractivity contribution in [3.63, 3.8) is 0 Å². The Bertz CT molecular complexity index is 623. The van der Waals surface area contributed by atoms with Gasteiger partial charge in [-0.15, -0.1) is 0 Å². The number of aliphatic carboxylic acids is 1. The highest BCUT2D eigenvalue weighted by Gasteiger charge is 2.07. The quantitative estimate of drug-likeness (QED) is 0.717. The minimum absolute atomic E-state index is 0.112. The van der Waals surface area contributed by atoms with Crippen molar-refractivity contribution in [3.05, 3.63) is 59.7 Å². The summed E-state index contributed by atoms with van der Waals surface area (Å²) in [5.74, 6) is 0.539. The van der Waals surface area contributed by atoms with Crippen molar-refractivity contribution in [2.45, 2.75) is 25.7 Å². The Labute approximate surface area is 136 Å². The van der Waals surface area contributed by atoms with Gasteiger partial charge in [-0.25, -0.2) is 0 Å². The molecule has 23 heavy (non-hydrogen) atoms. The van der Waals surface area contributed by atoms with Crippen LogP contribution in [0.25, 0.3) is 0 Å². The van der Waals surface area contributed by atoms with E-state index in [9.17, 15) is 4.79 Å². The zero-order chi connectivity index (χ0) is 16.5. The topological polar surface area (TPSA) is 55.8 Å². The Morgan fingerprint density at radius 2 is 1.78 bits per heavy atom. The van der Waals surface area contributed by atoms with Gasteiger partial charge < -0.3 is 14.6 Å². The van der Waals surface area contributed by atoms with Crippen molar-refractivity contribution in [1.82, 2.24) is 0 Å². The van der Waals surface area contributed by atoms with E-state index in [4.69, 9.17) is 14.6 Å². The number of carboxylic acid groups (broad SMARTS) is 1. The maximum Gasteiger partial charge on any atom is 0.303 e. The minimum Gasteiger partial charge on any atom is -0.493 e. The fraction of sp³-hybridized carbons (Fsp3) is 0.316. The molecule has 0 unspecified atom stereocenters. The molecule has 0 saturated heterocycles. The molecular weight excluding hydrogens is 292 g/mol. The van der Waals surface area contributed by atoms with Crippen LogP contribution in [-0.4, -0.2) is 24.8 Å². The first-order valence-corrected chi connectivity index (χ1v) is 7.74. The second-order valence-electron chi connectivity index (χ2n) is 5.32. The van der Waals surface area contributed by atoms with Gasteiger partial charge in [0.1, 0.15) is 0 Å². The largest absolute Gasteiger partial charge is 0.493 e. The number of carboxylic acids is 1. The first kappa shape index (κ1) is 16.9. The molecule has 0 aliphatic heterocycles. The normalized spacial score (nSPS) is 10.3. The summed E-state index contributed by atoms with van der Waals surface area (Å²) in [5.41, 5.74) is 2.23. The number of carbonyl (C=O) groups is 1. The maximum atomic E-state index is 10.6. The summed E-state index contributed by atoms with van der Waals surface area (Å²) in [6.07, 6.45) is 2.49. The summed E-state index contributed by atoms with van der Waals surface area (Å²) in [4.78, 5) is 10.6. The summed E-state index contributed by atoms with van der Waals surface area (Å²) in [6, 6.07) is 15.9. The average molecular weight is 314 g/mol. The highest BCUT2D eigenvalue weighted by Crippen LogP contribution is 2.28. The van der Waals surface area contributed by atoms with Gasteiger partial charge >= 0.3 is 5.97 Å². The third-order valence-corrected chi connectivity index (χ3v) is 3.57. The van der Waals surface area contributed by atoms with Crippen LogP contribution in [0.5, 0.6) is 11.5 Å². The van der Waals surface area contributed by atoms with E-state index in [1.165, 1.54) is 5.56 Å². The zero-order valence-electron chi connectivity index (χ0n) is 13.3. The van der Waals surface area contributed by atoms with Gasteiger partial charge in [-0.3, -0.25) is 4.79 Å². The van der Waals surface area contributed by atoms with Gasteiger partial charge in [-0.05, 0) is 42.5 Å². The van der Waals surface area contributed by atoms with Crippen LogP contribution in [0, 0.1) is 0 Å². The van der Waals surface area contributed by atoms with E-state index in [-0.39, 0.29) is 6.42 Å². The molecule has 2 aromatic rings. The van der Waals surface area contributed by atoms with E-state index in [1.807, 2.05) is 36.4 Å². The second-order valence-corrected chi connectivity index (χ2v) is 5.32. The molecule has 4 nitrogen and oxygen atoms in total. The van der Waals surface area contributed by atoms with E-state index in [1.54, 1.807) is 7.11 Å². The molecule has 0 heterocycles. The predicted molar refractivity (Wildman–Crippen MR) is 89.2 cm³/mol. The Balaban J connectivity index is 1.85. The number of hydrogen-bond donors (Lipinski definition) is 1. The van der Waals surface area contributed by atoms with Gasteiger partial charge in [0, 0.05) is 6.42 Å². The lowest BCUT2D eigenvalue weighted by atomic mass is 10.1. The van der Waals surface area contributed by atoms with Gasteiger partial charge in [0.05, 0.1) is 13.7 Å². The Kier molecular flexibility index (Phi) is 6.48. The molecule has 4 heteroatoms. The van der Waals surface area contributed by atoms with Crippen molar-refractivity contribution in [1.29, 1.82) is 0 Å². The van der Waals surface area contributed by atoms with E-state index >= 15 is 0 Å². The number of methoxy groups -OCH3 is 1. The van der Waals surface area contributed by atoms with Gasteiger partial charge in [0.25, 0.3) is 0 Å². The van der Waals surface area contributed by atoms with Crippen LogP contribution >= 0.6 is 0 Å². The summed E-state index contributed by atoms with van der Waals surface area (Å²) < 4.78 is 11.1. The van der Waals surface area contributed by atoms with E-state index < -0.39 is 5.97 Å². The molecule has 0 fully saturated rings. The van der Waals surface area contributed by atoms with Crippen molar-refractivity contribution in [2.24, 2.45) is 0 Å². The van der Waals surface area contributed by atoms with Crippen molar-refractivity contribution < 1.29 is 19.4 Å². The monoisotopic (exact) mass is 314 g/mol. The lowest BCUT2D eigenvalue weighted by molar-refractivity contribution is -0.136. The molecule has 0 saturated carbocycles. The number of rotatable bonds is 9. The smallest absolute Gasteiger partial charge is 0.303 e. The highest BCUT2D eigenvalue weighted by atomic mass is 16.5. The van der Waals surface area contributed by atoms with Gasteiger partial charge in [-0.2, -0.15) is 0 Å². The van der Waals surface area contributed by atoms with Crippen LogP contribution < -0.4 is 9.47 Å².